The molecule has 0 saturated carbocycles. The number of carbonyl (C=O) groups excluding carboxylic acids is 1. The van der Waals surface area contributed by atoms with Gasteiger partial charge in [0.2, 0.25) is 0 Å². The molecule has 0 spiro atoms. The Labute approximate surface area is 230 Å². The largest absolute Gasteiger partial charge is 0.497 e. The molecule has 0 saturated heterocycles. The third-order valence-electron chi connectivity index (χ3n) is 6.36. The molecule has 0 fully saturated rings. The predicted molar refractivity (Wildman–Crippen MR) is 159 cm³/mol. The lowest BCUT2D eigenvalue weighted by Crippen LogP contribution is -2.21. The fourth-order valence-electron chi connectivity index (χ4n) is 4.43. The lowest BCUT2D eigenvalue weighted by Gasteiger charge is -2.16. The Morgan fingerprint density at radius 1 is 0.923 bits per heavy atom. The number of rotatable bonds is 8. The van der Waals surface area contributed by atoms with E-state index in [1.54, 1.807) is 38.7 Å². The molecule has 3 aromatic carbocycles. The maximum absolute atomic E-state index is 13.8. The molecule has 39 heavy (non-hydrogen) atoms. The summed E-state index contributed by atoms with van der Waals surface area (Å²) >= 11 is 0. The van der Waals surface area contributed by atoms with Crippen molar-refractivity contribution in [3.63, 3.8) is 0 Å². The molecule has 6 nitrogen and oxygen atoms in total. The monoisotopic (exact) mass is 527 g/mol. The van der Waals surface area contributed by atoms with Gasteiger partial charge in [0.1, 0.15) is 11.5 Å². The van der Waals surface area contributed by atoms with Gasteiger partial charge in [0.25, 0.3) is 5.56 Å². The van der Waals surface area contributed by atoms with E-state index in [4.69, 9.17) is 14.2 Å². The molecule has 0 unspecified atom stereocenters. The van der Waals surface area contributed by atoms with Crippen LogP contribution in [0.3, 0.4) is 0 Å². The van der Waals surface area contributed by atoms with E-state index >= 15 is 0 Å². The first-order valence-electron chi connectivity index (χ1n) is 13.2. The van der Waals surface area contributed by atoms with Crippen molar-refractivity contribution < 1.29 is 19.0 Å². The molecule has 0 N–H and O–H groups in total. The standard InChI is InChI=1S/C31H31NO5.C2H6/c1-6-37-31(34)21(3)15-22-11-14-26-27(16-22)30(33)32(19-28(26)25-10-8-7-9-20(25)2)18-23-12-13-24(35-4)17-29(23)36-5;1-2/h7-17,19H,6,18H2,1-5H3;1-2H3/b21-15+;. The van der Waals surface area contributed by atoms with Crippen LogP contribution in [0.25, 0.3) is 28.0 Å². The highest BCUT2D eigenvalue weighted by Gasteiger charge is 2.15. The SMILES string of the molecule is CC.CCOC(=O)/C(C)=C/c1ccc2c(-c3ccccc3C)cn(Cc3ccc(OC)cc3OC)c(=O)c2c1. The summed E-state index contributed by atoms with van der Waals surface area (Å²) in [5.74, 6) is 0.950. The number of nitrogens with zero attached hydrogens (tertiary/aromatic N) is 1. The van der Waals surface area contributed by atoms with Crippen LogP contribution in [0.5, 0.6) is 11.5 Å². The predicted octanol–water partition coefficient (Wildman–Crippen LogP) is 7.04. The van der Waals surface area contributed by atoms with E-state index < -0.39 is 0 Å². The van der Waals surface area contributed by atoms with Gasteiger partial charge in [0.15, 0.2) is 0 Å². The van der Waals surface area contributed by atoms with Crippen LogP contribution in [0.2, 0.25) is 0 Å². The number of ether oxygens (including phenoxy) is 3. The molecule has 6 heteroatoms. The van der Waals surface area contributed by atoms with Crippen LogP contribution < -0.4 is 15.0 Å². The molecule has 4 rings (SSSR count). The molecule has 1 aromatic heterocycles. The minimum atomic E-state index is -0.375. The molecule has 204 valence electrons. The van der Waals surface area contributed by atoms with Gasteiger partial charge in [-0.25, -0.2) is 4.79 Å². The van der Waals surface area contributed by atoms with Gasteiger partial charge in [-0.15, -0.1) is 0 Å². The van der Waals surface area contributed by atoms with Crippen LogP contribution in [0.4, 0.5) is 0 Å². The van der Waals surface area contributed by atoms with Crippen molar-refractivity contribution in [2.75, 3.05) is 20.8 Å². The van der Waals surface area contributed by atoms with Crippen LogP contribution in [-0.4, -0.2) is 31.4 Å². The molecule has 1 heterocycles. The van der Waals surface area contributed by atoms with Gasteiger partial charge in [-0.2, -0.15) is 0 Å². The summed E-state index contributed by atoms with van der Waals surface area (Å²) in [7, 11) is 3.21. The minimum Gasteiger partial charge on any atom is -0.497 e. The number of methoxy groups -OCH3 is 2. The number of pyridine rings is 1. The van der Waals surface area contributed by atoms with Gasteiger partial charge in [0.05, 0.1) is 27.4 Å². The first-order chi connectivity index (χ1) is 18.9. The fraction of sp³-hybridized carbons (Fsp3) is 0.273. The van der Waals surface area contributed by atoms with E-state index in [2.05, 4.69) is 19.1 Å². The number of esters is 1. The molecular formula is C33H37NO5. The maximum atomic E-state index is 13.8. The summed E-state index contributed by atoms with van der Waals surface area (Å²) in [6.45, 7) is 10.2. The molecule has 4 aromatic rings. The van der Waals surface area contributed by atoms with Crippen molar-refractivity contribution in [3.8, 4) is 22.6 Å². The smallest absolute Gasteiger partial charge is 0.333 e. The number of aryl methyl sites for hydroxylation is 1. The van der Waals surface area contributed by atoms with Crippen LogP contribution in [-0.2, 0) is 16.1 Å². The Hall–Kier alpha value is -4.32. The van der Waals surface area contributed by atoms with Crippen LogP contribution in [0, 0.1) is 6.92 Å². The first kappa shape index (κ1) is 29.2. The van der Waals surface area contributed by atoms with Crippen molar-refractivity contribution in [3.05, 3.63) is 99.5 Å². The second-order valence-electron chi connectivity index (χ2n) is 8.82. The lowest BCUT2D eigenvalue weighted by atomic mass is 9.95. The number of benzene rings is 3. The zero-order valence-corrected chi connectivity index (χ0v) is 23.8. The van der Waals surface area contributed by atoms with Gasteiger partial charge < -0.3 is 18.8 Å². The Bertz CT molecular complexity index is 1550. The topological polar surface area (TPSA) is 66.8 Å². The van der Waals surface area contributed by atoms with Crippen LogP contribution in [0.1, 0.15) is 44.4 Å². The molecule has 0 atom stereocenters. The second-order valence-corrected chi connectivity index (χ2v) is 8.82. The molecular weight excluding hydrogens is 490 g/mol. The highest BCUT2D eigenvalue weighted by molar-refractivity contribution is 5.98. The van der Waals surface area contributed by atoms with Crippen molar-refractivity contribution in [1.82, 2.24) is 4.57 Å². The number of fused-ring (bicyclic) bond motifs is 1. The first-order valence-corrected chi connectivity index (χ1v) is 13.2. The third kappa shape index (κ3) is 6.58. The highest BCUT2D eigenvalue weighted by Crippen LogP contribution is 2.31. The zero-order chi connectivity index (χ0) is 28.5. The molecule has 0 aliphatic carbocycles. The summed E-state index contributed by atoms with van der Waals surface area (Å²) in [6, 6.07) is 19.4. The second kappa shape index (κ2) is 13.5. The van der Waals surface area contributed by atoms with Gasteiger partial charge in [-0.3, -0.25) is 4.79 Å². The quantitative estimate of drug-likeness (QED) is 0.182. The molecule has 0 bridgehead atoms. The zero-order valence-electron chi connectivity index (χ0n) is 23.8. The number of hydrogen-bond acceptors (Lipinski definition) is 5. The summed E-state index contributed by atoms with van der Waals surface area (Å²) in [4.78, 5) is 25.9. The summed E-state index contributed by atoms with van der Waals surface area (Å²) in [6.07, 6.45) is 3.66. The Morgan fingerprint density at radius 2 is 1.67 bits per heavy atom. The van der Waals surface area contributed by atoms with Crippen molar-refractivity contribution in [2.45, 2.75) is 41.2 Å². The fourth-order valence-corrected chi connectivity index (χ4v) is 4.43. The normalized spacial score (nSPS) is 11.0. The van der Waals surface area contributed by atoms with E-state index in [-0.39, 0.29) is 11.5 Å². The van der Waals surface area contributed by atoms with Crippen molar-refractivity contribution in [1.29, 1.82) is 0 Å². The number of hydrogen-bond donors (Lipinski definition) is 0. The third-order valence-corrected chi connectivity index (χ3v) is 6.36. The highest BCUT2D eigenvalue weighted by atomic mass is 16.5. The van der Waals surface area contributed by atoms with E-state index in [9.17, 15) is 9.59 Å². The number of aromatic nitrogens is 1. The van der Waals surface area contributed by atoms with E-state index in [1.807, 2.05) is 68.6 Å². The summed E-state index contributed by atoms with van der Waals surface area (Å²) in [5, 5.41) is 1.42. The van der Waals surface area contributed by atoms with Crippen molar-refractivity contribution in [2.24, 2.45) is 0 Å². The molecule has 0 amide bonds. The lowest BCUT2D eigenvalue weighted by molar-refractivity contribution is -0.138. The van der Waals surface area contributed by atoms with Crippen LogP contribution >= 0.6 is 0 Å². The molecule has 0 radical (unpaired) electrons. The Balaban J connectivity index is 0.00000205. The summed E-state index contributed by atoms with van der Waals surface area (Å²) < 4.78 is 17.7. The van der Waals surface area contributed by atoms with E-state index in [0.29, 0.717) is 35.6 Å². The Kier molecular flexibility index (Phi) is 10.1. The number of carbonyl (C=O) groups is 1. The maximum Gasteiger partial charge on any atom is 0.333 e. The minimum absolute atomic E-state index is 0.130. The van der Waals surface area contributed by atoms with Gasteiger partial charge in [0, 0.05) is 34.3 Å². The van der Waals surface area contributed by atoms with Gasteiger partial charge >= 0.3 is 5.97 Å². The van der Waals surface area contributed by atoms with Crippen molar-refractivity contribution >= 4 is 22.8 Å². The average Bonchev–Trinajstić information content (AvgIpc) is 2.96. The van der Waals surface area contributed by atoms with Gasteiger partial charge in [-0.05, 0) is 67.1 Å². The van der Waals surface area contributed by atoms with E-state index in [1.165, 1.54) is 0 Å². The molecule has 0 aliphatic heterocycles. The summed E-state index contributed by atoms with van der Waals surface area (Å²) in [5.41, 5.74) is 5.07. The Morgan fingerprint density at radius 3 is 2.33 bits per heavy atom. The molecule has 0 aliphatic rings. The van der Waals surface area contributed by atoms with Gasteiger partial charge in [-0.1, -0.05) is 50.2 Å². The van der Waals surface area contributed by atoms with Crippen LogP contribution in [0.15, 0.2) is 77.2 Å². The average molecular weight is 528 g/mol. The van der Waals surface area contributed by atoms with E-state index in [0.717, 1.165) is 33.2 Å².